The van der Waals surface area contributed by atoms with Gasteiger partial charge in [-0.05, 0) is 36.4 Å². The van der Waals surface area contributed by atoms with E-state index in [1.165, 1.54) is 0 Å². The van der Waals surface area contributed by atoms with E-state index in [1.54, 1.807) is 12.1 Å². The summed E-state index contributed by atoms with van der Waals surface area (Å²) in [5.41, 5.74) is 1.80. The number of aromatic nitrogens is 2. The molecule has 0 aliphatic carbocycles. The first-order valence-corrected chi connectivity index (χ1v) is 9.76. The quantitative estimate of drug-likeness (QED) is 0.458. The van der Waals surface area contributed by atoms with Crippen LogP contribution in [-0.4, -0.2) is 27.4 Å². The molecule has 4 aromatic rings. The molecule has 1 atom stereocenters. The number of ether oxygens (including phenoxy) is 2. The number of nitrogens with zero attached hydrogens (tertiary/aromatic N) is 2. The van der Waals surface area contributed by atoms with Gasteiger partial charge in [0.25, 0.3) is 0 Å². The summed E-state index contributed by atoms with van der Waals surface area (Å²) < 4.78 is 13.5. The highest BCUT2D eigenvalue weighted by molar-refractivity contribution is 6.32. The number of rotatable bonds is 8. The summed E-state index contributed by atoms with van der Waals surface area (Å²) >= 11 is 6.11. The molecule has 0 fully saturated rings. The van der Waals surface area contributed by atoms with Crippen LogP contribution in [0, 0.1) is 0 Å². The van der Waals surface area contributed by atoms with Crippen LogP contribution in [0.4, 0.5) is 0 Å². The number of imidazole rings is 1. The Balaban J connectivity index is 1.49. The molecule has 0 aliphatic rings. The van der Waals surface area contributed by atoms with Gasteiger partial charge in [-0.25, -0.2) is 4.98 Å². The molecule has 0 unspecified atom stereocenters. The summed E-state index contributed by atoms with van der Waals surface area (Å²) in [5.74, 6) is 2.07. The molecule has 148 valence electrons. The molecular weight excluding hydrogens is 388 g/mol. The van der Waals surface area contributed by atoms with Crippen LogP contribution in [0.25, 0.3) is 11.0 Å². The molecule has 0 saturated heterocycles. The summed E-state index contributed by atoms with van der Waals surface area (Å²) in [5, 5.41) is 11.1. The van der Waals surface area contributed by atoms with Crippen molar-refractivity contribution in [2.24, 2.45) is 0 Å². The normalized spacial score (nSPS) is 12.1. The summed E-state index contributed by atoms with van der Waals surface area (Å²) in [7, 11) is 0. The maximum atomic E-state index is 10.6. The fourth-order valence-corrected chi connectivity index (χ4v) is 3.31. The van der Waals surface area contributed by atoms with Gasteiger partial charge in [-0.2, -0.15) is 0 Å². The maximum Gasteiger partial charge on any atom is 0.148 e. The van der Waals surface area contributed by atoms with Crippen molar-refractivity contribution < 1.29 is 14.6 Å². The van der Waals surface area contributed by atoms with Crippen molar-refractivity contribution in [1.82, 2.24) is 9.55 Å². The van der Waals surface area contributed by atoms with Crippen molar-refractivity contribution in [3.05, 3.63) is 89.7 Å². The summed E-state index contributed by atoms with van der Waals surface area (Å²) in [6.07, 6.45) is -0.737. The standard InChI is InChI=1S/C23H21ClN2O3/c24-19-10-4-7-13-22(19)29-15-17(27)14-26-21-12-6-5-11-20(21)25-23(26)16-28-18-8-2-1-3-9-18/h1-13,17,27H,14-16H2/t17-/m0/s1. The molecule has 5 nitrogen and oxygen atoms in total. The molecular formula is C23H21ClN2O3. The Bertz CT molecular complexity index is 1080. The Hall–Kier alpha value is -3.02. The van der Waals surface area contributed by atoms with Crippen molar-refractivity contribution in [1.29, 1.82) is 0 Å². The van der Waals surface area contributed by atoms with Crippen LogP contribution in [0.2, 0.25) is 5.02 Å². The van der Waals surface area contributed by atoms with Gasteiger partial charge in [0.15, 0.2) is 0 Å². The molecule has 1 N–H and O–H groups in total. The van der Waals surface area contributed by atoms with Gasteiger partial charge >= 0.3 is 0 Å². The molecule has 0 bridgehead atoms. The van der Waals surface area contributed by atoms with Gasteiger partial charge in [0.1, 0.15) is 36.6 Å². The zero-order chi connectivity index (χ0) is 20.1. The van der Waals surface area contributed by atoms with Crippen LogP contribution < -0.4 is 9.47 Å². The number of para-hydroxylation sites is 4. The second-order valence-electron chi connectivity index (χ2n) is 6.62. The van der Waals surface area contributed by atoms with Gasteiger partial charge in [0.2, 0.25) is 0 Å². The molecule has 1 heterocycles. The number of halogens is 1. The molecule has 0 spiro atoms. The van der Waals surface area contributed by atoms with Crippen LogP contribution in [0.3, 0.4) is 0 Å². The highest BCUT2D eigenvalue weighted by Crippen LogP contribution is 2.24. The van der Waals surface area contributed by atoms with Gasteiger partial charge in [0, 0.05) is 0 Å². The maximum absolute atomic E-state index is 10.6. The second kappa shape index (κ2) is 8.99. The van der Waals surface area contributed by atoms with Gasteiger partial charge < -0.3 is 19.1 Å². The fourth-order valence-electron chi connectivity index (χ4n) is 3.12. The van der Waals surface area contributed by atoms with Gasteiger partial charge in [0.05, 0.1) is 22.6 Å². The smallest absolute Gasteiger partial charge is 0.148 e. The lowest BCUT2D eigenvalue weighted by Gasteiger charge is -2.16. The SMILES string of the molecule is O[C@H](COc1ccccc1Cl)Cn1c(COc2ccccc2)nc2ccccc21. The Morgan fingerprint density at radius 1 is 0.897 bits per heavy atom. The van der Waals surface area contributed by atoms with Crippen LogP contribution in [0.5, 0.6) is 11.5 Å². The highest BCUT2D eigenvalue weighted by Gasteiger charge is 2.16. The first-order chi connectivity index (χ1) is 14.2. The summed E-state index contributed by atoms with van der Waals surface area (Å²) in [6, 6.07) is 24.6. The van der Waals surface area contributed by atoms with Crippen molar-refractivity contribution in [3.8, 4) is 11.5 Å². The van der Waals surface area contributed by atoms with Crippen molar-refractivity contribution >= 4 is 22.6 Å². The molecule has 0 amide bonds. The number of hydrogen-bond acceptors (Lipinski definition) is 4. The first kappa shape index (κ1) is 19.3. The highest BCUT2D eigenvalue weighted by atomic mass is 35.5. The zero-order valence-corrected chi connectivity index (χ0v) is 16.5. The van der Waals surface area contributed by atoms with E-state index in [4.69, 9.17) is 21.1 Å². The zero-order valence-electron chi connectivity index (χ0n) is 15.7. The summed E-state index contributed by atoms with van der Waals surface area (Å²) in [6.45, 7) is 0.754. The van der Waals surface area contributed by atoms with E-state index in [1.807, 2.05) is 71.3 Å². The average molecular weight is 409 g/mol. The number of hydrogen-bond donors (Lipinski definition) is 1. The second-order valence-corrected chi connectivity index (χ2v) is 7.03. The van der Waals surface area contributed by atoms with Crippen LogP contribution in [0.15, 0.2) is 78.9 Å². The van der Waals surface area contributed by atoms with E-state index >= 15 is 0 Å². The van der Waals surface area contributed by atoms with Crippen molar-refractivity contribution in [2.75, 3.05) is 6.61 Å². The molecule has 4 rings (SSSR count). The van der Waals surface area contributed by atoms with Gasteiger partial charge in [-0.1, -0.05) is 54.1 Å². The predicted molar refractivity (Wildman–Crippen MR) is 113 cm³/mol. The molecule has 1 aromatic heterocycles. The van der Waals surface area contributed by atoms with Crippen molar-refractivity contribution in [3.63, 3.8) is 0 Å². The van der Waals surface area contributed by atoms with E-state index in [0.717, 1.165) is 22.6 Å². The third-order valence-electron chi connectivity index (χ3n) is 4.51. The van der Waals surface area contributed by atoms with Crippen LogP contribution in [0.1, 0.15) is 5.82 Å². The minimum absolute atomic E-state index is 0.120. The Morgan fingerprint density at radius 3 is 2.45 bits per heavy atom. The Morgan fingerprint density at radius 2 is 1.62 bits per heavy atom. The average Bonchev–Trinajstić information content (AvgIpc) is 3.10. The van der Waals surface area contributed by atoms with E-state index in [9.17, 15) is 5.11 Å². The predicted octanol–water partition coefficient (Wildman–Crippen LogP) is 4.71. The summed E-state index contributed by atoms with van der Waals surface area (Å²) in [4.78, 5) is 4.68. The third-order valence-corrected chi connectivity index (χ3v) is 4.82. The number of aliphatic hydroxyl groups is 1. The molecule has 0 radical (unpaired) electrons. The fraction of sp³-hybridized carbons (Fsp3) is 0.174. The van der Waals surface area contributed by atoms with E-state index in [0.29, 0.717) is 23.9 Å². The van der Waals surface area contributed by atoms with Gasteiger partial charge in [-0.15, -0.1) is 0 Å². The lowest BCUT2D eigenvalue weighted by molar-refractivity contribution is 0.0918. The Kier molecular flexibility index (Phi) is 5.98. The molecule has 6 heteroatoms. The van der Waals surface area contributed by atoms with E-state index < -0.39 is 6.10 Å². The van der Waals surface area contributed by atoms with Gasteiger partial charge in [-0.3, -0.25) is 0 Å². The lowest BCUT2D eigenvalue weighted by Crippen LogP contribution is -2.25. The first-order valence-electron chi connectivity index (χ1n) is 9.38. The Labute approximate surface area is 174 Å². The molecule has 0 aliphatic heterocycles. The van der Waals surface area contributed by atoms with Crippen LogP contribution in [-0.2, 0) is 13.2 Å². The van der Waals surface area contributed by atoms with Crippen LogP contribution >= 0.6 is 11.6 Å². The largest absolute Gasteiger partial charge is 0.489 e. The number of aliphatic hydroxyl groups excluding tert-OH is 1. The number of fused-ring (bicyclic) bond motifs is 1. The molecule has 29 heavy (non-hydrogen) atoms. The minimum Gasteiger partial charge on any atom is -0.489 e. The molecule has 3 aromatic carbocycles. The number of benzene rings is 3. The minimum atomic E-state index is -0.737. The van der Waals surface area contributed by atoms with Crippen molar-refractivity contribution in [2.45, 2.75) is 19.3 Å². The van der Waals surface area contributed by atoms with E-state index in [-0.39, 0.29) is 6.61 Å². The molecule has 0 saturated carbocycles. The van der Waals surface area contributed by atoms with E-state index in [2.05, 4.69) is 4.98 Å². The monoisotopic (exact) mass is 408 g/mol. The topological polar surface area (TPSA) is 56.5 Å². The lowest BCUT2D eigenvalue weighted by atomic mass is 10.3. The third kappa shape index (κ3) is 4.70.